The lowest BCUT2D eigenvalue weighted by atomic mass is 10.0. The lowest BCUT2D eigenvalue weighted by Gasteiger charge is -2.33. The molecule has 3 amide bonds. The fourth-order valence-electron chi connectivity index (χ4n) is 5.12. The van der Waals surface area contributed by atoms with E-state index in [2.05, 4.69) is 20.9 Å². The van der Waals surface area contributed by atoms with Crippen LogP contribution in [0.2, 0.25) is 5.02 Å². The highest BCUT2D eigenvalue weighted by Crippen LogP contribution is 2.28. The third-order valence-electron chi connectivity index (χ3n) is 7.07. The average molecular weight is 526 g/mol. The Kier molecular flexibility index (Phi) is 6.80. The molecule has 0 saturated carbocycles. The molecule has 0 radical (unpaired) electrons. The molecule has 3 aromatic rings. The van der Waals surface area contributed by atoms with Gasteiger partial charge in [-0.2, -0.15) is 5.10 Å². The maximum Gasteiger partial charge on any atom is 0.312 e. The average Bonchev–Trinajstić information content (AvgIpc) is 3.57. The number of para-hydroxylation sites is 1. The summed E-state index contributed by atoms with van der Waals surface area (Å²) in [7, 11) is 0. The molecule has 11 nitrogen and oxygen atoms in total. The number of aryl methyl sites for hydroxylation is 1. The van der Waals surface area contributed by atoms with Crippen LogP contribution in [0.4, 0.5) is 10.5 Å². The summed E-state index contributed by atoms with van der Waals surface area (Å²) >= 11 is 6.30. The van der Waals surface area contributed by atoms with E-state index in [-0.39, 0.29) is 11.9 Å². The summed E-state index contributed by atoms with van der Waals surface area (Å²) in [6.07, 6.45) is 5.23. The predicted octanol–water partition coefficient (Wildman–Crippen LogP) is 2.74. The van der Waals surface area contributed by atoms with E-state index in [1.54, 1.807) is 24.7 Å². The van der Waals surface area contributed by atoms with Crippen molar-refractivity contribution in [3.05, 3.63) is 58.1 Å². The summed E-state index contributed by atoms with van der Waals surface area (Å²) in [4.78, 5) is 27.0. The highest BCUT2D eigenvalue weighted by molar-refractivity contribution is 6.33. The fraction of sp³-hybridized carbons (Fsp3) is 0.480. The molecule has 0 spiro atoms. The van der Waals surface area contributed by atoms with Crippen LogP contribution in [0.25, 0.3) is 0 Å². The van der Waals surface area contributed by atoms with E-state index in [4.69, 9.17) is 22.4 Å². The van der Waals surface area contributed by atoms with Crippen molar-refractivity contribution in [3.63, 3.8) is 0 Å². The molecule has 1 aromatic carbocycles. The molecule has 196 valence electrons. The van der Waals surface area contributed by atoms with Crippen molar-refractivity contribution < 1.29 is 9.59 Å². The van der Waals surface area contributed by atoms with Gasteiger partial charge in [-0.25, -0.2) is 9.48 Å². The lowest BCUT2D eigenvalue weighted by molar-refractivity contribution is 0.0716. The summed E-state index contributed by atoms with van der Waals surface area (Å²) in [6, 6.07) is 7.34. The highest BCUT2D eigenvalue weighted by Gasteiger charge is 2.32. The van der Waals surface area contributed by atoms with Gasteiger partial charge in [-0.1, -0.05) is 28.9 Å². The third-order valence-corrected chi connectivity index (χ3v) is 7.40. The van der Waals surface area contributed by atoms with Crippen molar-refractivity contribution >= 4 is 29.2 Å². The van der Waals surface area contributed by atoms with Gasteiger partial charge in [0.15, 0.2) is 0 Å². The monoisotopic (exact) mass is 525 g/mol. The number of carbonyl (C=O) groups excluding carboxylic acids is 2. The molecule has 2 aliphatic heterocycles. The molecule has 4 heterocycles. The number of piperidine rings is 1. The number of hydrogen-bond acceptors (Lipinski definition) is 6. The van der Waals surface area contributed by atoms with E-state index in [1.165, 1.54) is 0 Å². The number of carbonyl (C=O) groups is 2. The Morgan fingerprint density at radius 2 is 1.95 bits per heavy atom. The number of rotatable bonds is 7. The molecule has 0 bridgehead atoms. The molecule has 5 rings (SSSR count). The number of halogens is 1. The Labute approximate surface area is 220 Å². The maximum atomic E-state index is 13.8. The van der Waals surface area contributed by atoms with Crippen LogP contribution in [0.3, 0.4) is 0 Å². The number of nitrogens with zero attached hydrogens (tertiary/aromatic N) is 6. The molecule has 37 heavy (non-hydrogen) atoms. The zero-order valence-electron chi connectivity index (χ0n) is 21.1. The van der Waals surface area contributed by atoms with Gasteiger partial charge in [0.25, 0.3) is 5.91 Å². The Hall–Kier alpha value is -3.60. The minimum atomic E-state index is -0.777. The van der Waals surface area contributed by atoms with Gasteiger partial charge in [-0.05, 0) is 51.7 Å². The number of nitrogens with one attached hydrogen (secondary N) is 2. The number of aromatic nitrogens is 5. The number of urea groups is 1. The van der Waals surface area contributed by atoms with E-state index in [1.807, 2.05) is 33.8 Å². The van der Waals surface area contributed by atoms with E-state index in [0.717, 1.165) is 43.6 Å². The minimum absolute atomic E-state index is 0.0189. The van der Waals surface area contributed by atoms with Crippen LogP contribution in [0.15, 0.2) is 30.5 Å². The van der Waals surface area contributed by atoms with E-state index >= 15 is 0 Å². The lowest BCUT2D eigenvalue weighted by Crippen LogP contribution is -2.44. The number of hydrogen-bond donors (Lipinski definition) is 3. The van der Waals surface area contributed by atoms with Crippen LogP contribution in [0.1, 0.15) is 60.5 Å². The molecule has 1 fully saturated rings. The zero-order chi connectivity index (χ0) is 26.2. The van der Waals surface area contributed by atoms with E-state index in [9.17, 15) is 9.59 Å². The number of likely N-dealkylation sites (tertiary alicyclic amines) is 1. The molecular weight excluding hydrogens is 494 g/mol. The SMILES string of the molecule is CC(C)(NC(N)=O)c1cn(Cc2nn3c(c2C(=O)N2CCC(Nc4ccccc4Cl)CC2)CCC3)nn1. The summed E-state index contributed by atoms with van der Waals surface area (Å²) in [5, 5.41) is 20.1. The van der Waals surface area contributed by atoms with Crippen LogP contribution in [-0.4, -0.2) is 60.7 Å². The van der Waals surface area contributed by atoms with Crippen molar-refractivity contribution in [1.29, 1.82) is 0 Å². The second-order valence-electron chi connectivity index (χ2n) is 10.2. The number of amides is 3. The quantitative estimate of drug-likeness (QED) is 0.434. The van der Waals surface area contributed by atoms with Crippen molar-refractivity contribution in [1.82, 2.24) is 35.0 Å². The first-order valence-corrected chi connectivity index (χ1v) is 13.0. The Morgan fingerprint density at radius 3 is 2.68 bits per heavy atom. The van der Waals surface area contributed by atoms with Gasteiger partial charge in [-0.3, -0.25) is 9.48 Å². The number of fused-ring (bicyclic) bond motifs is 1. The Bertz CT molecular complexity index is 1310. The number of primary amides is 1. The van der Waals surface area contributed by atoms with Crippen LogP contribution >= 0.6 is 11.6 Å². The molecule has 0 aliphatic carbocycles. The zero-order valence-corrected chi connectivity index (χ0v) is 21.8. The fourth-order valence-corrected chi connectivity index (χ4v) is 5.31. The minimum Gasteiger partial charge on any atom is -0.381 e. The van der Waals surface area contributed by atoms with Gasteiger partial charge < -0.3 is 21.3 Å². The van der Waals surface area contributed by atoms with Crippen molar-refractivity contribution in [3.8, 4) is 0 Å². The van der Waals surface area contributed by atoms with E-state index in [0.29, 0.717) is 41.6 Å². The van der Waals surface area contributed by atoms with Crippen LogP contribution < -0.4 is 16.4 Å². The Balaban J connectivity index is 1.30. The standard InChI is InChI=1S/C25H32ClN9O2/c1-25(2,29-24(27)37)21-15-34(32-30-21)14-19-22(20-8-5-11-35(20)31-19)23(36)33-12-9-16(10-13-33)28-18-7-4-3-6-17(18)26/h3-4,6-7,15-16,28H,5,8-14H2,1-2H3,(H3,27,29,37). The third kappa shape index (κ3) is 5.27. The first kappa shape index (κ1) is 25.1. The first-order chi connectivity index (χ1) is 17.7. The summed E-state index contributed by atoms with van der Waals surface area (Å²) in [5.41, 5.74) is 8.37. The molecule has 1 saturated heterocycles. The van der Waals surface area contributed by atoms with E-state index < -0.39 is 11.6 Å². The summed E-state index contributed by atoms with van der Waals surface area (Å²) in [6.45, 7) is 6.03. The molecule has 4 N–H and O–H groups in total. The van der Waals surface area contributed by atoms with Gasteiger partial charge in [0, 0.05) is 25.7 Å². The second kappa shape index (κ2) is 10.0. The number of nitrogens with two attached hydrogens (primary N) is 1. The van der Waals surface area contributed by atoms with Crippen LogP contribution in [0, 0.1) is 0 Å². The van der Waals surface area contributed by atoms with Gasteiger partial charge in [-0.15, -0.1) is 5.10 Å². The van der Waals surface area contributed by atoms with Crippen molar-refractivity contribution in [2.24, 2.45) is 5.73 Å². The van der Waals surface area contributed by atoms with Crippen molar-refractivity contribution in [2.45, 2.75) is 64.2 Å². The largest absolute Gasteiger partial charge is 0.381 e. The van der Waals surface area contributed by atoms with Crippen molar-refractivity contribution in [2.75, 3.05) is 18.4 Å². The van der Waals surface area contributed by atoms with Gasteiger partial charge in [0.2, 0.25) is 0 Å². The summed E-state index contributed by atoms with van der Waals surface area (Å²) < 4.78 is 3.60. The molecule has 2 aromatic heterocycles. The number of anilines is 1. The topological polar surface area (TPSA) is 136 Å². The summed E-state index contributed by atoms with van der Waals surface area (Å²) in [5.74, 6) is 0.0189. The smallest absolute Gasteiger partial charge is 0.312 e. The van der Waals surface area contributed by atoms with Crippen LogP contribution in [-0.2, 0) is 25.0 Å². The maximum absolute atomic E-state index is 13.8. The second-order valence-corrected chi connectivity index (χ2v) is 10.6. The predicted molar refractivity (Wildman–Crippen MR) is 139 cm³/mol. The van der Waals surface area contributed by atoms with Gasteiger partial charge in [0.1, 0.15) is 5.69 Å². The molecule has 0 atom stereocenters. The van der Waals surface area contributed by atoms with Crippen LogP contribution in [0.5, 0.6) is 0 Å². The molecule has 2 aliphatic rings. The highest BCUT2D eigenvalue weighted by atomic mass is 35.5. The van der Waals surface area contributed by atoms with Gasteiger partial charge >= 0.3 is 6.03 Å². The first-order valence-electron chi connectivity index (χ1n) is 12.6. The normalized spacial score (nSPS) is 16.0. The van der Waals surface area contributed by atoms with Gasteiger partial charge in [0.05, 0.1) is 45.9 Å². The molecular formula is C25H32ClN9O2. The Morgan fingerprint density at radius 1 is 1.19 bits per heavy atom. The molecule has 0 unspecified atom stereocenters. The number of benzene rings is 1. The molecule has 12 heteroatoms.